The van der Waals surface area contributed by atoms with Gasteiger partial charge in [-0.25, -0.2) is 0 Å². The Morgan fingerprint density at radius 1 is 1.14 bits per heavy atom. The Hall–Kier alpha value is 0.200. The van der Waals surface area contributed by atoms with Crippen LogP contribution in [0.5, 0.6) is 0 Å². The fraction of sp³-hybridized carbons (Fsp3) is 0.333. The highest BCUT2D eigenvalue weighted by molar-refractivity contribution is 9.10. The van der Waals surface area contributed by atoms with Crippen molar-refractivity contribution in [3.05, 3.63) is 32.2 Å². The highest BCUT2D eigenvalue weighted by atomic mass is 79.9. The van der Waals surface area contributed by atoms with Gasteiger partial charge in [0.05, 0.1) is 23.3 Å². The van der Waals surface area contributed by atoms with Crippen molar-refractivity contribution in [2.75, 3.05) is 13.2 Å². The van der Waals surface area contributed by atoms with Gasteiger partial charge in [0.15, 0.2) is 6.29 Å². The van der Waals surface area contributed by atoms with Crippen LogP contribution in [0, 0.1) is 0 Å². The van der Waals surface area contributed by atoms with Crippen molar-refractivity contribution in [2.24, 2.45) is 0 Å². The molecule has 0 aliphatic carbocycles. The van der Waals surface area contributed by atoms with E-state index in [1.807, 2.05) is 0 Å². The van der Waals surface area contributed by atoms with Crippen molar-refractivity contribution >= 4 is 39.1 Å². The molecule has 0 bridgehead atoms. The molecule has 1 heterocycles. The van der Waals surface area contributed by atoms with Gasteiger partial charge in [-0.3, -0.25) is 0 Å². The van der Waals surface area contributed by atoms with E-state index in [2.05, 4.69) is 15.9 Å². The van der Waals surface area contributed by atoms with Crippen molar-refractivity contribution in [3.63, 3.8) is 0 Å². The van der Waals surface area contributed by atoms with E-state index in [1.54, 1.807) is 12.1 Å². The summed E-state index contributed by atoms with van der Waals surface area (Å²) < 4.78 is 11.4. The Balaban J connectivity index is 2.37. The number of hydrogen-bond acceptors (Lipinski definition) is 2. The summed E-state index contributed by atoms with van der Waals surface area (Å²) in [5.74, 6) is 0. The molecule has 1 aliphatic heterocycles. The summed E-state index contributed by atoms with van der Waals surface area (Å²) in [5.41, 5.74) is 0.775. The van der Waals surface area contributed by atoms with Crippen LogP contribution in [0.25, 0.3) is 0 Å². The van der Waals surface area contributed by atoms with Crippen molar-refractivity contribution in [2.45, 2.75) is 6.29 Å². The first-order chi connectivity index (χ1) is 6.68. The fourth-order valence-corrected chi connectivity index (χ4v) is 2.16. The largest absolute Gasteiger partial charge is 0.346 e. The van der Waals surface area contributed by atoms with E-state index in [0.717, 1.165) is 10.0 Å². The van der Waals surface area contributed by atoms with Crippen LogP contribution < -0.4 is 0 Å². The van der Waals surface area contributed by atoms with Crippen molar-refractivity contribution < 1.29 is 9.47 Å². The Bertz CT molecular complexity index is 351. The van der Waals surface area contributed by atoms with E-state index in [1.165, 1.54) is 0 Å². The first kappa shape index (κ1) is 10.7. The van der Waals surface area contributed by atoms with E-state index in [-0.39, 0.29) is 6.29 Å². The normalized spacial score (nSPS) is 17.6. The molecule has 1 aliphatic rings. The molecule has 2 rings (SSSR count). The van der Waals surface area contributed by atoms with Crippen molar-refractivity contribution in [1.82, 2.24) is 0 Å². The van der Waals surface area contributed by atoms with Gasteiger partial charge >= 0.3 is 0 Å². The third-order valence-electron chi connectivity index (χ3n) is 1.92. The molecule has 5 heteroatoms. The van der Waals surface area contributed by atoms with Crippen LogP contribution in [0.3, 0.4) is 0 Å². The zero-order valence-corrected chi connectivity index (χ0v) is 10.2. The first-order valence-electron chi connectivity index (χ1n) is 4.06. The van der Waals surface area contributed by atoms with Crippen LogP contribution in [0.1, 0.15) is 11.9 Å². The minimum atomic E-state index is -0.381. The first-order valence-corrected chi connectivity index (χ1v) is 5.61. The highest BCUT2D eigenvalue weighted by Gasteiger charge is 2.21. The van der Waals surface area contributed by atoms with Crippen LogP contribution in [-0.2, 0) is 9.47 Å². The molecular formula is C9H7BrCl2O2. The topological polar surface area (TPSA) is 18.5 Å². The molecule has 0 saturated carbocycles. The van der Waals surface area contributed by atoms with Gasteiger partial charge in [-0.1, -0.05) is 23.2 Å². The number of hydrogen-bond donors (Lipinski definition) is 0. The molecular weight excluding hydrogens is 291 g/mol. The molecule has 0 N–H and O–H groups in total. The lowest BCUT2D eigenvalue weighted by atomic mass is 10.2. The lowest BCUT2D eigenvalue weighted by Crippen LogP contribution is -1.99. The Kier molecular flexibility index (Phi) is 3.34. The zero-order valence-electron chi connectivity index (χ0n) is 7.10. The molecule has 0 atom stereocenters. The second-order valence-electron chi connectivity index (χ2n) is 2.86. The predicted molar refractivity (Wildman–Crippen MR) is 58.8 cm³/mol. The van der Waals surface area contributed by atoms with Gasteiger partial charge in [0, 0.05) is 10.0 Å². The summed E-state index contributed by atoms with van der Waals surface area (Å²) in [6.45, 7) is 1.18. The molecule has 1 fully saturated rings. The molecule has 1 aromatic rings. The maximum absolute atomic E-state index is 6.03. The summed E-state index contributed by atoms with van der Waals surface area (Å²) in [6, 6.07) is 3.49. The van der Waals surface area contributed by atoms with Gasteiger partial charge < -0.3 is 9.47 Å². The molecule has 2 nitrogen and oxygen atoms in total. The lowest BCUT2D eigenvalue weighted by molar-refractivity contribution is -0.0440. The van der Waals surface area contributed by atoms with Gasteiger partial charge in [-0.2, -0.15) is 0 Å². The summed E-state index contributed by atoms with van der Waals surface area (Å²) in [7, 11) is 0. The van der Waals surface area contributed by atoms with Gasteiger partial charge in [0.25, 0.3) is 0 Å². The molecule has 0 spiro atoms. The van der Waals surface area contributed by atoms with Gasteiger partial charge in [0.2, 0.25) is 0 Å². The minimum Gasteiger partial charge on any atom is -0.346 e. The molecule has 0 radical (unpaired) electrons. The molecule has 14 heavy (non-hydrogen) atoms. The average Bonchev–Trinajstić information content (AvgIpc) is 2.64. The van der Waals surface area contributed by atoms with E-state index >= 15 is 0 Å². The third kappa shape index (κ3) is 2.07. The molecule has 1 aromatic carbocycles. The van der Waals surface area contributed by atoms with Crippen molar-refractivity contribution in [1.29, 1.82) is 0 Å². The molecule has 1 saturated heterocycles. The fourth-order valence-electron chi connectivity index (χ4n) is 1.26. The lowest BCUT2D eigenvalue weighted by Gasteiger charge is -2.12. The van der Waals surface area contributed by atoms with Crippen LogP contribution in [0.4, 0.5) is 0 Å². The van der Waals surface area contributed by atoms with Crippen LogP contribution in [0.15, 0.2) is 16.6 Å². The molecule has 0 amide bonds. The quantitative estimate of drug-likeness (QED) is 0.734. The molecule has 0 aromatic heterocycles. The number of halogens is 3. The Morgan fingerprint density at radius 2 is 1.79 bits per heavy atom. The molecule has 76 valence electrons. The van der Waals surface area contributed by atoms with E-state index in [4.69, 9.17) is 32.7 Å². The van der Waals surface area contributed by atoms with E-state index < -0.39 is 0 Å². The second kappa shape index (κ2) is 4.37. The summed E-state index contributed by atoms with van der Waals surface area (Å²) in [6.07, 6.45) is -0.381. The van der Waals surface area contributed by atoms with Gasteiger partial charge in [-0.05, 0) is 28.1 Å². The Morgan fingerprint density at radius 3 is 2.43 bits per heavy atom. The summed E-state index contributed by atoms with van der Waals surface area (Å²) in [4.78, 5) is 0. The SMILES string of the molecule is Clc1cc(C2OCCO2)c(Cl)cc1Br. The summed E-state index contributed by atoms with van der Waals surface area (Å²) in [5, 5.41) is 1.19. The summed E-state index contributed by atoms with van der Waals surface area (Å²) >= 11 is 15.3. The van der Waals surface area contributed by atoms with E-state index in [9.17, 15) is 0 Å². The average molecular weight is 298 g/mol. The maximum atomic E-state index is 6.03. The molecule has 0 unspecified atom stereocenters. The van der Waals surface area contributed by atoms with Gasteiger partial charge in [-0.15, -0.1) is 0 Å². The minimum absolute atomic E-state index is 0.381. The number of benzene rings is 1. The zero-order chi connectivity index (χ0) is 10.1. The second-order valence-corrected chi connectivity index (χ2v) is 4.53. The smallest absolute Gasteiger partial charge is 0.185 e. The van der Waals surface area contributed by atoms with Crippen LogP contribution >= 0.6 is 39.1 Å². The van der Waals surface area contributed by atoms with Gasteiger partial charge in [0.1, 0.15) is 0 Å². The van der Waals surface area contributed by atoms with Crippen LogP contribution in [-0.4, -0.2) is 13.2 Å². The maximum Gasteiger partial charge on any atom is 0.185 e. The highest BCUT2D eigenvalue weighted by Crippen LogP contribution is 2.35. The Labute approximate surface area is 100 Å². The van der Waals surface area contributed by atoms with E-state index in [0.29, 0.717) is 23.3 Å². The third-order valence-corrected chi connectivity index (χ3v) is 3.44. The number of rotatable bonds is 1. The monoisotopic (exact) mass is 296 g/mol. The van der Waals surface area contributed by atoms with Crippen LogP contribution in [0.2, 0.25) is 10.0 Å². The predicted octanol–water partition coefficient (Wildman–Crippen LogP) is 3.80. The standard InChI is InChI=1S/C9H7BrCl2O2/c10-6-4-7(11)5(3-8(6)12)9-13-1-2-14-9/h3-4,9H,1-2H2. The van der Waals surface area contributed by atoms with Crippen molar-refractivity contribution in [3.8, 4) is 0 Å². The number of ether oxygens (including phenoxy) is 2.